The van der Waals surface area contributed by atoms with Crippen LogP contribution in [0.2, 0.25) is 0 Å². The van der Waals surface area contributed by atoms with E-state index in [-0.39, 0.29) is 54.1 Å². The lowest BCUT2D eigenvalue weighted by Gasteiger charge is -2.30. The third-order valence-corrected chi connectivity index (χ3v) is 8.56. The van der Waals surface area contributed by atoms with E-state index in [2.05, 4.69) is 19.8 Å². The Hall–Kier alpha value is -4.56. The molecule has 4 N–H and O–H groups in total. The van der Waals surface area contributed by atoms with Crippen molar-refractivity contribution >= 4 is 33.4 Å². The van der Waals surface area contributed by atoms with Gasteiger partial charge in [0.2, 0.25) is 5.91 Å². The van der Waals surface area contributed by atoms with Gasteiger partial charge < -0.3 is 35.1 Å². The number of rotatable bonds is 11. The molecule has 0 radical (unpaired) electrons. The number of nitrogens with zero attached hydrogens (tertiary/aromatic N) is 2. The van der Waals surface area contributed by atoms with Crippen molar-refractivity contribution < 1.29 is 42.4 Å². The molecule has 4 aromatic rings. The molecule has 0 unspecified atom stereocenters. The number of thiazole rings is 1. The summed E-state index contributed by atoms with van der Waals surface area (Å²) in [7, 11) is 1.50. The number of primary amides is 1. The average molecular weight is 641 g/mol. The van der Waals surface area contributed by atoms with Gasteiger partial charge in [0.1, 0.15) is 28.3 Å². The van der Waals surface area contributed by atoms with E-state index in [9.17, 15) is 23.5 Å². The average Bonchev–Trinajstić information content (AvgIpc) is 3.70. The van der Waals surface area contributed by atoms with E-state index in [0.717, 1.165) is 9.71 Å². The van der Waals surface area contributed by atoms with Gasteiger partial charge in [0.15, 0.2) is 11.5 Å². The Morgan fingerprint density at radius 3 is 2.62 bits per heavy atom. The first-order chi connectivity index (χ1) is 21.4. The van der Waals surface area contributed by atoms with Crippen LogP contribution in [0.15, 0.2) is 36.4 Å². The first kappa shape index (κ1) is 30.5. The molecule has 1 fully saturated rings. The standard InChI is InChI=1S/C31H30F2N4O7S/c1-4-42-28-17(13-25(34)38)12-24(37-26(28)16-5-8-20-21(9-16)44-31(32,33)43-20)30(40,19-6-7-19)14-35-29(39)18-10-22(41-3)27-23(11-18)45-15(2)36-27/h5,8-12,19,40H,4,6-7,13-14H2,1-3H3,(H2,34,38)(H,35,39)/t30-/m1/s1. The number of hydrogen-bond donors (Lipinski definition) is 3. The van der Waals surface area contributed by atoms with E-state index >= 15 is 0 Å². The molecule has 6 rings (SSSR count). The minimum Gasteiger partial charge on any atom is -0.494 e. The monoisotopic (exact) mass is 640 g/mol. The largest absolute Gasteiger partial charge is 0.586 e. The van der Waals surface area contributed by atoms with Crippen molar-refractivity contribution in [2.45, 2.75) is 45.0 Å². The Labute approximate surface area is 260 Å². The van der Waals surface area contributed by atoms with Crippen molar-refractivity contribution in [3.05, 3.63) is 58.2 Å². The van der Waals surface area contributed by atoms with Crippen molar-refractivity contribution in [1.29, 1.82) is 0 Å². The number of nitrogens with one attached hydrogen (secondary N) is 1. The van der Waals surface area contributed by atoms with E-state index in [1.165, 1.54) is 36.6 Å². The maximum absolute atomic E-state index is 13.8. The summed E-state index contributed by atoms with van der Waals surface area (Å²) in [6, 6.07) is 8.98. The van der Waals surface area contributed by atoms with Crippen LogP contribution in [-0.4, -0.2) is 53.4 Å². The first-order valence-corrected chi connectivity index (χ1v) is 15.0. The summed E-state index contributed by atoms with van der Waals surface area (Å²) in [6.45, 7) is 3.59. The number of ether oxygens (including phenoxy) is 4. The molecule has 2 amide bonds. The van der Waals surface area contributed by atoms with Crippen molar-refractivity contribution in [2.24, 2.45) is 11.7 Å². The van der Waals surface area contributed by atoms with Gasteiger partial charge >= 0.3 is 6.29 Å². The van der Waals surface area contributed by atoms with Crippen molar-refractivity contribution in [3.63, 3.8) is 0 Å². The fourth-order valence-corrected chi connectivity index (χ4v) is 6.33. The quantitative estimate of drug-likeness (QED) is 0.216. The number of benzene rings is 2. The zero-order chi connectivity index (χ0) is 32.1. The van der Waals surface area contributed by atoms with Crippen LogP contribution in [0.3, 0.4) is 0 Å². The topological polar surface area (TPSA) is 155 Å². The highest BCUT2D eigenvalue weighted by atomic mass is 32.1. The number of alkyl halides is 2. The van der Waals surface area contributed by atoms with E-state index < -0.39 is 23.7 Å². The van der Waals surface area contributed by atoms with Gasteiger partial charge in [0, 0.05) is 16.7 Å². The number of halogens is 2. The lowest BCUT2D eigenvalue weighted by atomic mass is 9.90. The van der Waals surface area contributed by atoms with Crippen LogP contribution < -0.4 is 30.0 Å². The molecule has 1 saturated carbocycles. The maximum atomic E-state index is 13.8. The van der Waals surface area contributed by atoms with Crippen LogP contribution in [0, 0.1) is 12.8 Å². The summed E-state index contributed by atoms with van der Waals surface area (Å²) < 4.78 is 48.8. The Kier molecular flexibility index (Phi) is 7.73. The molecule has 1 atom stereocenters. The summed E-state index contributed by atoms with van der Waals surface area (Å²) in [6.07, 6.45) is -2.74. The van der Waals surface area contributed by atoms with Gasteiger partial charge in [-0.3, -0.25) is 9.59 Å². The predicted octanol–water partition coefficient (Wildman–Crippen LogP) is 4.45. The number of aryl methyl sites for hydroxylation is 1. The van der Waals surface area contributed by atoms with Gasteiger partial charge in [-0.15, -0.1) is 20.1 Å². The van der Waals surface area contributed by atoms with E-state index in [1.807, 2.05) is 6.92 Å². The summed E-state index contributed by atoms with van der Waals surface area (Å²) in [5, 5.41) is 15.8. The molecule has 2 aliphatic rings. The molecule has 0 saturated heterocycles. The van der Waals surface area contributed by atoms with Gasteiger partial charge in [-0.2, -0.15) is 0 Å². The number of carbonyl (C=O) groups is 2. The van der Waals surface area contributed by atoms with Crippen LogP contribution in [0.4, 0.5) is 8.78 Å². The number of fused-ring (bicyclic) bond motifs is 2. The zero-order valence-corrected chi connectivity index (χ0v) is 25.4. The number of hydrogen-bond acceptors (Lipinski definition) is 10. The number of amides is 2. The van der Waals surface area contributed by atoms with Crippen LogP contribution in [-0.2, 0) is 16.8 Å². The number of pyridine rings is 1. The summed E-state index contributed by atoms with van der Waals surface area (Å²) in [4.78, 5) is 34.7. The highest BCUT2D eigenvalue weighted by molar-refractivity contribution is 7.18. The van der Waals surface area contributed by atoms with Gasteiger partial charge in [0.05, 0.1) is 42.1 Å². The number of aliphatic hydroxyl groups is 1. The SMILES string of the molecule is CCOc1c(CC(N)=O)cc([C@@](O)(CNC(=O)c2cc(OC)c3nc(C)sc3c2)C2CC2)nc1-c1ccc2c(c1)OC(F)(F)O2. The summed E-state index contributed by atoms with van der Waals surface area (Å²) >= 11 is 1.43. The lowest BCUT2D eigenvalue weighted by molar-refractivity contribution is -0.286. The fraction of sp³-hybridized carbons (Fsp3) is 0.355. The second kappa shape index (κ2) is 11.4. The fourth-order valence-electron chi connectivity index (χ4n) is 5.44. The van der Waals surface area contributed by atoms with Crippen LogP contribution in [0.25, 0.3) is 21.5 Å². The second-order valence-electron chi connectivity index (χ2n) is 10.9. The van der Waals surface area contributed by atoms with E-state index in [0.29, 0.717) is 40.8 Å². The van der Waals surface area contributed by atoms with Crippen molar-refractivity contribution in [2.75, 3.05) is 20.3 Å². The van der Waals surface area contributed by atoms with E-state index in [1.54, 1.807) is 25.1 Å². The second-order valence-corrected chi connectivity index (χ2v) is 12.1. The number of carbonyl (C=O) groups excluding carboxylic acids is 2. The highest BCUT2D eigenvalue weighted by Crippen LogP contribution is 2.48. The highest BCUT2D eigenvalue weighted by Gasteiger charge is 2.47. The molecule has 14 heteroatoms. The molecule has 0 bridgehead atoms. The molecule has 2 aromatic heterocycles. The third-order valence-electron chi connectivity index (χ3n) is 7.64. The lowest BCUT2D eigenvalue weighted by Crippen LogP contribution is -2.43. The Morgan fingerprint density at radius 2 is 1.93 bits per heavy atom. The maximum Gasteiger partial charge on any atom is 0.586 e. The summed E-state index contributed by atoms with van der Waals surface area (Å²) in [5.41, 5.74) is 5.90. The van der Waals surface area contributed by atoms with Crippen LogP contribution >= 0.6 is 11.3 Å². The molecule has 2 aromatic carbocycles. The molecule has 1 aliphatic heterocycles. The van der Waals surface area contributed by atoms with Gasteiger partial charge in [0.25, 0.3) is 5.91 Å². The van der Waals surface area contributed by atoms with Crippen LogP contribution in [0.1, 0.15) is 46.4 Å². The van der Waals surface area contributed by atoms with Gasteiger partial charge in [-0.25, -0.2) is 9.97 Å². The third kappa shape index (κ3) is 5.94. The number of nitrogens with two attached hydrogens (primary N) is 1. The van der Waals surface area contributed by atoms with Gasteiger partial charge in [-0.05, 0) is 69.0 Å². The Balaban J connectivity index is 1.39. The minimum absolute atomic E-state index is 0.157. The van der Waals surface area contributed by atoms with E-state index in [4.69, 9.17) is 20.2 Å². The number of methoxy groups -OCH3 is 1. The zero-order valence-electron chi connectivity index (χ0n) is 24.6. The Bertz CT molecular complexity index is 1830. The molecular formula is C31H30F2N4O7S. The molecule has 3 heterocycles. The summed E-state index contributed by atoms with van der Waals surface area (Å²) in [5.74, 6) is -1.07. The predicted molar refractivity (Wildman–Crippen MR) is 160 cm³/mol. The van der Waals surface area contributed by atoms with Crippen molar-refractivity contribution in [3.8, 4) is 34.3 Å². The number of aromatic nitrogens is 2. The van der Waals surface area contributed by atoms with Crippen LogP contribution in [0.5, 0.6) is 23.0 Å². The smallest absolute Gasteiger partial charge is 0.494 e. The van der Waals surface area contributed by atoms with Crippen molar-refractivity contribution in [1.82, 2.24) is 15.3 Å². The molecule has 236 valence electrons. The van der Waals surface area contributed by atoms with Gasteiger partial charge in [-0.1, -0.05) is 0 Å². The Morgan fingerprint density at radius 1 is 1.18 bits per heavy atom. The molecule has 11 nitrogen and oxygen atoms in total. The molecule has 1 aliphatic carbocycles. The minimum atomic E-state index is -3.83. The normalized spacial score (nSPS) is 16.3. The molecule has 45 heavy (non-hydrogen) atoms. The molecule has 0 spiro atoms. The first-order valence-electron chi connectivity index (χ1n) is 14.2. The molecular weight excluding hydrogens is 610 g/mol.